The van der Waals surface area contributed by atoms with Crippen molar-refractivity contribution in [3.63, 3.8) is 0 Å². The fraction of sp³-hybridized carbons (Fsp3) is 0.533. The molecule has 0 spiro atoms. The second-order valence-electron chi connectivity index (χ2n) is 5.79. The number of alkyl halides is 3. The molecule has 2 atom stereocenters. The van der Waals surface area contributed by atoms with Crippen LogP contribution in [0.4, 0.5) is 18.9 Å². The van der Waals surface area contributed by atoms with Gasteiger partial charge in [-0.25, -0.2) is 0 Å². The van der Waals surface area contributed by atoms with E-state index in [0.29, 0.717) is 0 Å². The van der Waals surface area contributed by atoms with E-state index in [4.69, 9.17) is 14.6 Å². The Hall–Kier alpha value is -2.56. The molecule has 1 saturated heterocycles. The number of methoxy groups -OCH3 is 1. The summed E-state index contributed by atoms with van der Waals surface area (Å²) in [7, 11) is 1.35. The third-order valence-corrected chi connectivity index (χ3v) is 4.16. The molecule has 1 aromatic rings. The predicted molar refractivity (Wildman–Crippen MR) is 82.3 cm³/mol. The minimum atomic E-state index is -4.60. The molecule has 1 N–H and O–H groups in total. The zero-order valence-corrected chi connectivity index (χ0v) is 13.7. The molecule has 144 valence electrons. The molecular weight excluding hydrogens is 361 g/mol. The van der Waals surface area contributed by atoms with Gasteiger partial charge >= 0.3 is 17.8 Å². The molecule has 11 heteroatoms. The van der Waals surface area contributed by atoms with Gasteiger partial charge in [-0.1, -0.05) is 0 Å². The van der Waals surface area contributed by atoms with Gasteiger partial charge in [0.05, 0.1) is 29.9 Å². The molecule has 0 saturated carbocycles. The first-order valence-electron chi connectivity index (χ1n) is 7.60. The maximum atomic E-state index is 12.9. The smallest absolute Gasteiger partial charge is 0.393 e. The molecule has 1 aliphatic rings. The number of ether oxygens (including phenoxy) is 2. The monoisotopic (exact) mass is 378 g/mol. The number of hydrogen-bond donors (Lipinski definition) is 1. The van der Waals surface area contributed by atoms with Crippen LogP contribution in [0.25, 0.3) is 0 Å². The number of halogens is 3. The molecule has 0 aromatic heterocycles. The molecule has 0 unspecified atom stereocenters. The van der Waals surface area contributed by atoms with E-state index < -0.39 is 35.4 Å². The summed E-state index contributed by atoms with van der Waals surface area (Å²) in [5.74, 6) is -4.76. The molecule has 1 aromatic carbocycles. The number of rotatable bonds is 7. The van der Waals surface area contributed by atoms with E-state index in [1.54, 1.807) is 0 Å². The summed E-state index contributed by atoms with van der Waals surface area (Å²) >= 11 is 0. The normalized spacial score (nSPS) is 20.8. The first-order valence-corrected chi connectivity index (χ1v) is 7.60. The summed E-state index contributed by atoms with van der Waals surface area (Å²) in [5.41, 5.74) is -0.331. The molecule has 1 aliphatic heterocycles. The molecule has 2 rings (SSSR count). The number of nitro benzene ring substituents is 1. The van der Waals surface area contributed by atoms with Gasteiger partial charge < -0.3 is 14.6 Å². The van der Waals surface area contributed by atoms with Crippen LogP contribution < -0.4 is 9.47 Å². The van der Waals surface area contributed by atoms with Crippen molar-refractivity contribution >= 4 is 11.7 Å². The Morgan fingerprint density at radius 3 is 2.62 bits per heavy atom. The molecule has 8 nitrogen and oxygen atoms in total. The van der Waals surface area contributed by atoms with Crippen LogP contribution in [0.2, 0.25) is 0 Å². The van der Waals surface area contributed by atoms with Crippen molar-refractivity contribution in [1.82, 2.24) is 4.90 Å². The fourth-order valence-corrected chi connectivity index (χ4v) is 2.82. The van der Waals surface area contributed by atoms with Crippen molar-refractivity contribution < 1.29 is 37.5 Å². The SMILES string of the molecule is COc1ccc(OCCN2C[C@@H](C(F)(F)F)[C@H](C(=O)O)C2)c([N+](=O)[O-])c1. The number of nitro groups is 1. The van der Waals surface area contributed by atoms with Gasteiger partial charge in [0, 0.05) is 19.6 Å². The lowest BCUT2D eigenvalue weighted by atomic mass is 9.96. The number of aliphatic carboxylic acids is 1. The largest absolute Gasteiger partial charge is 0.496 e. The predicted octanol–water partition coefficient (Wildman–Crippen LogP) is 2.18. The third kappa shape index (κ3) is 4.54. The molecule has 0 aliphatic carbocycles. The number of hydrogen-bond acceptors (Lipinski definition) is 6. The van der Waals surface area contributed by atoms with Crippen LogP contribution in [-0.2, 0) is 4.79 Å². The third-order valence-electron chi connectivity index (χ3n) is 4.16. The van der Waals surface area contributed by atoms with E-state index >= 15 is 0 Å². The second-order valence-corrected chi connectivity index (χ2v) is 5.79. The van der Waals surface area contributed by atoms with E-state index in [1.807, 2.05) is 0 Å². The van der Waals surface area contributed by atoms with Gasteiger partial charge in [-0.2, -0.15) is 13.2 Å². The Bertz CT molecular complexity index is 682. The summed E-state index contributed by atoms with van der Waals surface area (Å²) in [6, 6.07) is 3.96. The topological polar surface area (TPSA) is 102 Å². The van der Waals surface area contributed by atoms with Crippen LogP contribution in [0.15, 0.2) is 18.2 Å². The molecule has 1 fully saturated rings. The standard InChI is InChI=1S/C15H17F3N2O6/c1-25-9-2-3-13(12(6-9)20(23)24)26-5-4-19-7-10(14(21)22)11(8-19)15(16,17)18/h2-3,6,10-11H,4-5,7-8H2,1H3,(H,21,22)/t10-,11-/m1/s1. The van der Waals surface area contributed by atoms with Gasteiger partial charge in [-0.05, 0) is 12.1 Å². The van der Waals surface area contributed by atoms with E-state index in [9.17, 15) is 28.1 Å². The van der Waals surface area contributed by atoms with Crippen molar-refractivity contribution in [3.8, 4) is 11.5 Å². The number of benzene rings is 1. The Morgan fingerprint density at radius 1 is 1.42 bits per heavy atom. The van der Waals surface area contributed by atoms with E-state index in [2.05, 4.69) is 0 Å². The van der Waals surface area contributed by atoms with Crippen molar-refractivity contribution in [2.24, 2.45) is 11.8 Å². The Morgan fingerprint density at radius 2 is 2.12 bits per heavy atom. The highest BCUT2D eigenvalue weighted by Gasteiger charge is 2.52. The highest BCUT2D eigenvalue weighted by molar-refractivity contribution is 5.71. The molecule has 0 radical (unpaired) electrons. The first-order chi connectivity index (χ1) is 12.1. The summed E-state index contributed by atoms with van der Waals surface area (Å²) in [6.07, 6.45) is -4.60. The zero-order valence-electron chi connectivity index (χ0n) is 13.7. The Labute approximate surface area is 146 Å². The highest BCUT2D eigenvalue weighted by atomic mass is 19.4. The average molecular weight is 378 g/mol. The lowest BCUT2D eigenvalue weighted by Crippen LogP contribution is -2.33. The van der Waals surface area contributed by atoms with Gasteiger partial charge in [0.1, 0.15) is 12.4 Å². The minimum absolute atomic E-state index is 0.0134. The van der Waals surface area contributed by atoms with Crippen molar-refractivity contribution in [3.05, 3.63) is 28.3 Å². The van der Waals surface area contributed by atoms with Gasteiger partial charge in [0.25, 0.3) is 0 Å². The van der Waals surface area contributed by atoms with Crippen LogP contribution in [0.5, 0.6) is 11.5 Å². The van der Waals surface area contributed by atoms with Gasteiger partial charge in [-0.15, -0.1) is 0 Å². The fourth-order valence-electron chi connectivity index (χ4n) is 2.82. The van der Waals surface area contributed by atoms with E-state index in [1.165, 1.54) is 30.2 Å². The van der Waals surface area contributed by atoms with E-state index in [0.717, 1.165) is 0 Å². The number of carbonyl (C=O) groups is 1. The summed E-state index contributed by atoms with van der Waals surface area (Å²) < 4.78 is 49.0. The summed E-state index contributed by atoms with van der Waals surface area (Å²) in [4.78, 5) is 22.8. The maximum absolute atomic E-state index is 12.9. The quantitative estimate of drug-likeness (QED) is 0.573. The highest BCUT2D eigenvalue weighted by Crippen LogP contribution is 2.37. The van der Waals surface area contributed by atoms with E-state index in [-0.39, 0.29) is 36.9 Å². The van der Waals surface area contributed by atoms with Gasteiger partial charge in [-0.3, -0.25) is 19.8 Å². The molecule has 0 bridgehead atoms. The van der Waals surface area contributed by atoms with Gasteiger partial charge in [0.2, 0.25) is 0 Å². The minimum Gasteiger partial charge on any atom is -0.496 e. The first kappa shape index (κ1) is 19.8. The van der Waals surface area contributed by atoms with Crippen LogP contribution in [0.1, 0.15) is 0 Å². The van der Waals surface area contributed by atoms with Crippen LogP contribution in [-0.4, -0.2) is 60.4 Å². The molecule has 26 heavy (non-hydrogen) atoms. The number of likely N-dealkylation sites (tertiary alicyclic amines) is 1. The summed E-state index contributed by atoms with van der Waals surface area (Å²) in [5, 5.41) is 20.0. The zero-order chi connectivity index (χ0) is 19.5. The molecule has 0 amide bonds. The van der Waals surface area contributed by atoms with Gasteiger partial charge in [0.15, 0.2) is 5.75 Å². The Kier molecular flexibility index (Phi) is 5.90. The second kappa shape index (κ2) is 7.77. The van der Waals surface area contributed by atoms with Crippen molar-refractivity contribution in [2.75, 3.05) is 33.4 Å². The maximum Gasteiger partial charge on any atom is 0.393 e. The Balaban J connectivity index is 1.98. The summed E-state index contributed by atoms with van der Waals surface area (Å²) in [6.45, 7) is -0.814. The van der Waals surface area contributed by atoms with Crippen molar-refractivity contribution in [2.45, 2.75) is 6.18 Å². The number of carboxylic acids is 1. The number of nitrogens with zero attached hydrogens (tertiary/aromatic N) is 2. The number of carboxylic acid groups (broad SMARTS) is 1. The van der Waals surface area contributed by atoms with Crippen LogP contribution in [0.3, 0.4) is 0 Å². The lowest BCUT2D eigenvalue weighted by Gasteiger charge is -2.18. The molecular formula is C15H17F3N2O6. The lowest BCUT2D eigenvalue weighted by molar-refractivity contribution is -0.385. The van der Waals surface area contributed by atoms with Crippen LogP contribution >= 0.6 is 0 Å². The van der Waals surface area contributed by atoms with Crippen LogP contribution in [0, 0.1) is 22.0 Å². The average Bonchev–Trinajstić information content (AvgIpc) is 2.99. The van der Waals surface area contributed by atoms with Crippen molar-refractivity contribution in [1.29, 1.82) is 0 Å². The molecule has 1 heterocycles.